The van der Waals surface area contributed by atoms with Crippen LogP contribution < -0.4 is 11.0 Å². The number of aromatic amines is 1. The third kappa shape index (κ3) is 3.39. The predicted molar refractivity (Wildman–Crippen MR) is 73.6 cm³/mol. The summed E-state index contributed by atoms with van der Waals surface area (Å²) in [6, 6.07) is 0.0867. The van der Waals surface area contributed by atoms with Crippen LogP contribution in [0.2, 0.25) is 0 Å². The largest absolute Gasteiger partial charge is 0.419 e. The van der Waals surface area contributed by atoms with E-state index in [0.29, 0.717) is 0 Å². The Kier molecular flexibility index (Phi) is 4.09. The standard InChI is InChI=1S/C14H11F5N4O2/c15-9-4-8(14(17,18)19)10(16)3-7(9)12(24)20-5-11-21-22-13(25)23(11)6-1-2-6/h3-4,6H,1-2,5H2,(H,20,24)(H,22,25). The van der Waals surface area contributed by atoms with Crippen LogP contribution in [0.25, 0.3) is 0 Å². The molecular weight excluding hydrogens is 351 g/mol. The Morgan fingerprint density at radius 3 is 2.56 bits per heavy atom. The minimum Gasteiger partial charge on any atom is -0.345 e. The lowest BCUT2D eigenvalue weighted by atomic mass is 10.1. The lowest BCUT2D eigenvalue weighted by Crippen LogP contribution is -2.27. The molecule has 1 aromatic heterocycles. The van der Waals surface area contributed by atoms with Gasteiger partial charge in [-0.15, -0.1) is 0 Å². The van der Waals surface area contributed by atoms with E-state index in [4.69, 9.17) is 0 Å². The van der Waals surface area contributed by atoms with Crippen molar-refractivity contribution >= 4 is 5.91 Å². The summed E-state index contributed by atoms with van der Waals surface area (Å²) in [5.41, 5.74) is -3.13. The molecule has 134 valence electrons. The van der Waals surface area contributed by atoms with Crippen molar-refractivity contribution in [1.29, 1.82) is 0 Å². The van der Waals surface area contributed by atoms with E-state index in [1.165, 1.54) is 4.57 Å². The normalized spacial score (nSPS) is 14.6. The maximum absolute atomic E-state index is 13.8. The summed E-state index contributed by atoms with van der Waals surface area (Å²) < 4.78 is 66.1. The highest BCUT2D eigenvalue weighted by atomic mass is 19.4. The van der Waals surface area contributed by atoms with Gasteiger partial charge in [0.1, 0.15) is 11.6 Å². The molecule has 11 heteroatoms. The number of benzene rings is 1. The molecule has 2 aromatic rings. The number of aromatic nitrogens is 3. The maximum Gasteiger partial charge on any atom is 0.419 e. The van der Waals surface area contributed by atoms with Gasteiger partial charge < -0.3 is 5.32 Å². The molecule has 1 aliphatic rings. The van der Waals surface area contributed by atoms with Gasteiger partial charge in [-0.05, 0) is 25.0 Å². The van der Waals surface area contributed by atoms with Crippen molar-refractivity contribution in [3.05, 3.63) is 51.2 Å². The van der Waals surface area contributed by atoms with E-state index >= 15 is 0 Å². The zero-order valence-electron chi connectivity index (χ0n) is 12.5. The molecule has 0 unspecified atom stereocenters. The fourth-order valence-electron chi connectivity index (χ4n) is 2.36. The molecule has 3 rings (SSSR count). The first-order valence-electron chi connectivity index (χ1n) is 7.18. The molecule has 2 N–H and O–H groups in total. The van der Waals surface area contributed by atoms with Crippen LogP contribution in [0.1, 0.15) is 40.6 Å². The van der Waals surface area contributed by atoms with Gasteiger partial charge in [-0.25, -0.2) is 18.7 Å². The van der Waals surface area contributed by atoms with E-state index in [-0.39, 0.29) is 30.5 Å². The van der Waals surface area contributed by atoms with Gasteiger partial charge in [0.2, 0.25) is 0 Å². The first-order valence-corrected chi connectivity index (χ1v) is 7.18. The van der Waals surface area contributed by atoms with Gasteiger partial charge >= 0.3 is 11.9 Å². The fraction of sp³-hybridized carbons (Fsp3) is 0.357. The minimum absolute atomic E-state index is 0.0293. The van der Waals surface area contributed by atoms with Crippen molar-refractivity contribution in [2.24, 2.45) is 0 Å². The predicted octanol–water partition coefficient (Wildman–Crippen LogP) is 2.13. The number of hydrogen-bond acceptors (Lipinski definition) is 3. The molecule has 0 saturated heterocycles. The van der Waals surface area contributed by atoms with E-state index < -0.39 is 40.5 Å². The smallest absolute Gasteiger partial charge is 0.345 e. The lowest BCUT2D eigenvalue weighted by Gasteiger charge is -2.11. The summed E-state index contributed by atoms with van der Waals surface area (Å²) in [5.74, 6) is -4.20. The molecule has 1 heterocycles. The molecule has 1 aromatic carbocycles. The van der Waals surface area contributed by atoms with Crippen molar-refractivity contribution in [3.63, 3.8) is 0 Å². The molecule has 25 heavy (non-hydrogen) atoms. The zero-order valence-corrected chi connectivity index (χ0v) is 12.5. The summed E-state index contributed by atoms with van der Waals surface area (Å²) in [6.07, 6.45) is -3.52. The molecule has 1 aliphatic carbocycles. The van der Waals surface area contributed by atoms with Gasteiger partial charge in [0.15, 0.2) is 5.82 Å². The van der Waals surface area contributed by atoms with Gasteiger partial charge in [-0.1, -0.05) is 0 Å². The number of halogens is 5. The summed E-state index contributed by atoms with van der Waals surface area (Å²) in [4.78, 5) is 23.5. The highest BCUT2D eigenvalue weighted by Gasteiger charge is 2.36. The monoisotopic (exact) mass is 362 g/mol. The molecule has 0 spiro atoms. The lowest BCUT2D eigenvalue weighted by molar-refractivity contribution is -0.140. The molecule has 0 atom stereocenters. The highest BCUT2D eigenvalue weighted by molar-refractivity contribution is 5.94. The van der Waals surface area contributed by atoms with E-state index in [9.17, 15) is 31.5 Å². The number of nitrogens with zero attached hydrogens (tertiary/aromatic N) is 2. The van der Waals surface area contributed by atoms with E-state index in [1.807, 2.05) is 0 Å². The zero-order chi connectivity index (χ0) is 18.4. The Morgan fingerprint density at radius 1 is 1.28 bits per heavy atom. The van der Waals surface area contributed by atoms with Gasteiger partial charge in [0.05, 0.1) is 17.7 Å². The molecular formula is C14H11F5N4O2. The van der Waals surface area contributed by atoms with Crippen molar-refractivity contribution < 1.29 is 26.7 Å². The summed E-state index contributed by atoms with van der Waals surface area (Å²) >= 11 is 0. The number of nitrogens with one attached hydrogen (secondary N) is 2. The molecule has 1 saturated carbocycles. The van der Waals surface area contributed by atoms with Crippen molar-refractivity contribution in [2.75, 3.05) is 0 Å². The highest BCUT2D eigenvalue weighted by Crippen LogP contribution is 2.34. The second kappa shape index (κ2) is 5.97. The minimum atomic E-state index is -5.07. The fourth-order valence-corrected chi connectivity index (χ4v) is 2.36. The van der Waals surface area contributed by atoms with Gasteiger partial charge in [0.25, 0.3) is 5.91 Å². The first kappa shape index (κ1) is 17.1. The summed E-state index contributed by atoms with van der Waals surface area (Å²) in [6.45, 7) is -0.268. The van der Waals surface area contributed by atoms with Crippen LogP contribution >= 0.6 is 0 Å². The number of rotatable bonds is 4. The SMILES string of the molecule is O=C(NCc1n[nH]c(=O)n1C1CC1)c1cc(F)c(C(F)(F)F)cc1F. The third-order valence-corrected chi connectivity index (χ3v) is 3.70. The van der Waals surface area contributed by atoms with Gasteiger partial charge in [0, 0.05) is 6.04 Å². The Labute approximate surface area is 136 Å². The Bertz CT molecular complexity index is 882. The summed E-state index contributed by atoms with van der Waals surface area (Å²) in [7, 11) is 0. The Balaban J connectivity index is 1.78. The molecule has 6 nitrogen and oxygen atoms in total. The van der Waals surface area contributed by atoms with Crippen molar-refractivity contribution in [2.45, 2.75) is 31.6 Å². The van der Waals surface area contributed by atoms with Crippen LogP contribution in [0.3, 0.4) is 0 Å². The Morgan fingerprint density at radius 2 is 1.96 bits per heavy atom. The average Bonchev–Trinajstić information content (AvgIpc) is 3.29. The van der Waals surface area contributed by atoms with Crippen LogP contribution in [0.15, 0.2) is 16.9 Å². The summed E-state index contributed by atoms with van der Waals surface area (Å²) in [5, 5.41) is 8.15. The molecule has 1 amide bonds. The van der Waals surface area contributed by atoms with Crippen molar-refractivity contribution in [1.82, 2.24) is 20.1 Å². The van der Waals surface area contributed by atoms with E-state index in [2.05, 4.69) is 15.5 Å². The maximum atomic E-state index is 13.8. The molecule has 0 aliphatic heterocycles. The topological polar surface area (TPSA) is 79.8 Å². The number of alkyl halides is 3. The van der Waals surface area contributed by atoms with E-state index in [0.717, 1.165) is 12.8 Å². The van der Waals surface area contributed by atoms with E-state index in [1.54, 1.807) is 0 Å². The number of hydrogen-bond donors (Lipinski definition) is 2. The van der Waals surface area contributed by atoms with Crippen LogP contribution in [0.5, 0.6) is 0 Å². The molecule has 1 fully saturated rings. The second-order valence-electron chi connectivity index (χ2n) is 5.54. The van der Waals surface area contributed by atoms with Crippen LogP contribution in [0.4, 0.5) is 22.0 Å². The number of carbonyl (C=O) groups excluding carboxylic acids is 1. The number of H-pyrrole nitrogens is 1. The van der Waals surface area contributed by atoms with Crippen molar-refractivity contribution in [3.8, 4) is 0 Å². The first-order chi connectivity index (χ1) is 11.7. The quantitative estimate of drug-likeness (QED) is 0.818. The van der Waals surface area contributed by atoms with Gasteiger partial charge in [-0.3, -0.25) is 9.36 Å². The van der Waals surface area contributed by atoms with Crippen LogP contribution in [-0.2, 0) is 12.7 Å². The second-order valence-corrected chi connectivity index (χ2v) is 5.54. The molecule has 0 radical (unpaired) electrons. The third-order valence-electron chi connectivity index (χ3n) is 3.70. The van der Waals surface area contributed by atoms with Crippen LogP contribution in [0, 0.1) is 11.6 Å². The number of carbonyl (C=O) groups is 1. The average molecular weight is 362 g/mol. The van der Waals surface area contributed by atoms with Crippen LogP contribution in [-0.4, -0.2) is 20.7 Å². The Hall–Kier alpha value is -2.72. The van der Waals surface area contributed by atoms with Gasteiger partial charge in [-0.2, -0.15) is 18.3 Å². The number of amides is 1. The molecule has 0 bridgehead atoms.